The molecule has 1 atom stereocenters. The largest absolute Gasteiger partial charge is 0.370 e. The van der Waals surface area contributed by atoms with Crippen molar-refractivity contribution in [2.75, 3.05) is 23.3 Å². The first-order valence-electron chi connectivity index (χ1n) is 8.62. The molecule has 2 heterocycles. The molecule has 0 spiro atoms. The highest BCUT2D eigenvalue weighted by Gasteiger charge is 2.17. The quantitative estimate of drug-likeness (QED) is 0.921. The molecule has 1 N–H and O–H groups in total. The predicted molar refractivity (Wildman–Crippen MR) is 98.7 cm³/mol. The minimum Gasteiger partial charge on any atom is -0.370 e. The van der Waals surface area contributed by atoms with Gasteiger partial charge in [0, 0.05) is 18.8 Å². The minimum atomic E-state index is -0.170. The summed E-state index contributed by atoms with van der Waals surface area (Å²) < 4.78 is 0. The highest BCUT2D eigenvalue weighted by molar-refractivity contribution is 6.03. The van der Waals surface area contributed by atoms with Crippen LogP contribution in [0.25, 0.3) is 0 Å². The maximum absolute atomic E-state index is 12.4. The number of aryl methyl sites for hydroxylation is 2. The first-order valence-corrected chi connectivity index (χ1v) is 8.62. The van der Waals surface area contributed by atoms with Gasteiger partial charge >= 0.3 is 0 Å². The molecule has 1 aromatic heterocycles. The van der Waals surface area contributed by atoms with Crippen LogP contribution < -0.4 is 10.2 Å². The molecule has 126 valence electrons. The third-order valence-electron chi connectivity index (χ3n) is 4.77. The third kappa shape index (κ3) is 3.75. The van der Waals surface area contributed by atoms with Crippen LogP contribution in [0.5, 0.6) is 0 Å². The summed E-state index contributed by atoms with van der Waals surface area (Å²) >= 11 is 0. The molecule has 0 aliphatic carbocycles. The van der Waals surface area contributed by atoms with Crippen LogP contribution in [0.3, 0.4) is 0 Å². The van der Waals surface area contributed by atoms with Crippen molar-refractivity contribution >= 4 is 17.3 Å². The van der Waals surface area contributed by atoms with Gasteiger partial charge in [0.2, 0.25) is 0 Å². The lowest BCUT2D eigenvalue weighted by atomic mass is 10.00. The lowest BCUT2D eigenvalue weighted by molar-refractivity contribution is 0.102. The zero-order valence-corrected chi connectivity index (χ0v) is 14.7. The van der Waals surface area contributed by atoms with Gasteiger partial charge in [0.05, 0.1) is 11.9 Å². The number of pyridine rings is 1. The van der Waals surface area contributed by atoms with E-state index in [1.54, 1.807) is 0 Å². The highest BCUT2D eigenvalue weighted by atomic mass is 16.1. The Morgan fingerprint density at radius 2 is 2.04 bits per heavy atom. The Hall–Kier alpha value is -2.36. The van der Waals surface area contributed by atoms with Crippen LogP contribution in [0.2, 0.25) is 0 Å². The Morgan fingerprint density at radius 1 is 1.21 bits per heavy atom. The van der Waals surface area contributed by atoms with E-state index >= 15 is 0 Å². The third-order valence-corrected chi connectivity index (χ3v) is 4.77. The molecule has 4 nitrogen and oxygen atoms in total. The van der Waals surface area contributed by atoms with Gasteiger partial charge in [0.1, 0.15) is 5.69 Å². The van der Waals surface area contributed by atoms with E-state index in [0.717, 1.165) is 30.0 Å². The van der Waals surface area contributed by atoms with Crippen LogP contribution in [0, 0.1) is 19.8 Å². The fourth-order valence-electron chi connectivity index (χ4n) is 3.15. The van der Waals surface area contributed by atoms with Crippen LogP contribution in [0.15, 0.2) is 36.5 Å². The van der Waals surface area contributed by atoms with Crippen LogP contribution in [-0.2, 0) is 0 Å². The molecular formula is C20H25N3O. The Balaban J connectivity index is 1.68. The van der Waals surface area contributed by atoms with Crippen molar-refractivity contribution in [1.29, 1.82) is 0 Å². The zero-order chi connectivity index (χ0) is 17.1. The second kappa shape index (κ2) is 7.04. The smallest absolute Gasteiger partial charge is 0.274 e. The monoisotopic (exact) mass is 323 g/mol. The van der Waals surface area contributed by atoms with Gasteiger partial charge in [-0.05, 0) is 68.0 Å². The van der Waals surface area contributed by atoms with Crippen LogP contribution >= 0.6 is 0 Å². The SMILES string of the molecule is Cc1ccc(NC(=O)c2ccc(N3CCCC(C)C3)cn2)cc1C. The van der Waals surface area contributed by atoms with E-state index in [-0.39, 0.29) is 5.91 Å². The standard InChI is InChI=1S/C20H25N3O/c1-14-5-4-10-23(13-14)18-8-9-19(21-12-18)20(24)22-17-7-6-15(2)16(3)11-17/h6-9,11-12,14H,4-5,10,13H2,1-3H3,(H,22,24). The van der Waals surface area contributed by atoms with E-state index in [1.165, 1.54) is 18.4 Å². The van der Waals surface area contributed by atoms with Gasteiger partial charge in [-0.1, -0.05) is 13.0 Å². The Labute approximate surface area is 143 Å². The number of nitrogens with one attached hydrogen (secondary N) is 1. The molecule has 1 amide bonds. The number of benzene rings is 1. The van der Waals surface area contributed by atoms with E-state index in [1.807, 2.05) is 43.5 Å². The lowest BCUT2D eigenvalue weighted by Gasteiger charge is -2.32. The summed E-state index contributed by atoms with van der Waals surface area (Å²) in [7, 11) is 0. The number of anilines is 2. The molecule has 1 unspecified atom stereocenters. The fraction of sp³-hybridized carbons (Fsp3) is 0.400. The molecule has 0 bridgehead atoms. The van der Waals surface area contributed by atoms with E-state index in [4.69, 9.17) is 0 Å². The normalized spacial score (nSPS) is 17.6. The van der Waals surface area contributed by atoms with Gasteiger partial charge in [0.25, 0.3) is 5.91 Å². The van der Waals surface area contributed by atoms with Crippen LogP contribution in [0.1, 0.15) is 41.4 Å². The van der Waals surface area contributed by atoms with Gasteiger partial charge in [-0.25, -0.2) is 4.98 Å². The zero-order valence-electron chi connectivity index (χ0n) is 14.7. The van der Waals surface area contributed by atoms with Crippen molar-refractivity contribution in [3.8, 4) is 0 Å². The highest BCUT2D eigenvalue weighted by Crippen LogP contribution is 2.22. The maximum atomic E-state index is 12.4. The van der Waals surface area contributed by atoms with Gasteiger partial charge in [-0.2, -0.15) is 0 Å². The molecule has 2 aromatic rings. The predicted octanol–water partition coefficient (Wildman–Crippen LogP) is 4.19. The molecule has 1 aliphatic heterocycles. The number of rotatable bonds is 3. The number of amides is 1. The molecule has 0 saturated carbocycles. The van der Waals surface area contributed by atoms with Gasteiger partial charge in [-0.3, -0.25) is 4.79 Å². The van der Waals surface area contributed by atoms with E-state index in [2.05, 4.69) is 29.0 Å². The van der Waals surface area contributed by atoms with Gasteiger partial charge in [0.15, 0.2) is 0 Å². The average Bonchev–Trinajstić information content (AvgIpc) is 2.58. The second-order valence-electron chi connectivity index (χ2n) is 6.85. The lowest BCUT2D eigenvalue weighted by Crippen LogP contribution is -2.34. The summed E-state index contributed by atoms with van der Waals surface area (Å²) in [4.78, 5) is 19.1. The molecule has 1 fully saturated rings. The van der Waals surface area contributed by atoms with E-state index < -0.39 is 0 Å². The van der Waals surface area contributed by atoms with Crippen molar-refractivity contribution in [2.24, 2.45) is 5.92 Å². The Bertz CT molecular complexity index is 724. The summed E-state index contributed by atoms with van der Waals surface area (Å²) in [6, 6.07) is 9.73. The number of carbonyl (C=O) groups is 1. The molecular weight excluding hydrogens is 298 g/mol. The first-order chi connectivity index (χ1) is 11.5. The van der Waals surface area contributed by atoms with Crippen molar-refractivity contribution < 1.29 is 4.79 Å². The number of carbonyl (C=O) groups excluding carboxylic acids is 1. The van der Waals surface area contributed by atoms with E-state index in [0.29, 0.717) is 11.6 Å². The summed E-state index contributed by atoms with van der Waals surface area (Å²) in [5.41, 5.74) is 4.73. The molecule has 1 aliphatic rings. The average molecular weight is 323 g/mol. The van der Waals surface area contributed by atoms with Crippen LogP contribution in [0.4, 0.5) is 11.4 Å². The molecule has 1 aromatic carbocycles. The summed E-state index contributed by atoms with van der Waals surface area (Å²) in [5.74, 6) is 0.545. The van der Waals surface area contributed by atoms with Crippen molar-refractivity contribution in [2.45, 2.75) is 33.6 Å². The van der Waals surface area contributed by atoms with Crippen molar-refractivity contribution in [3.63, 3.8) is 0 Å². The number of aromatic nitrogens is 1. The van der Waals surface area contributed by atoms with Crippen molar-refractivity contribution in [1.82, 2.24) is 4.98 Å². The topological polar surface area (TPSA) is 45.2 Å². The van der Waals surface area contributed by atoms with E-state index in [9.17, 15) is 4.79 Å². The van der Waals surface area contributed by atoms with Crippen LogP contribution in [-0.4, -0.2) is 24.0 Å². The number of piperidine rings is 1. The molecule has 1 saturated heterocycles. The molecule has 3 rings (SSSR count). The maximum Gasteiger partial charge on any atom is 0.274 e. The molecule has 0 radical (unpaired) electrons. The summed E-state index contributed by atoms with van der Waals surface area (Å²) in [6.07, 6.45) is 4.32. The molecule has 24 heavy (non-hydrogen) atoms. The van der Waals surface area contributed by atoms with Gasteiger partial charge in [-0.15, -0.1) is 0 Å². The number of nitrogens with zero attached hydrogens (tertiary/aromatic N) is 2. The number of hydrogen-bond acceptors (Lipinski definition) is 3. The summed E-state index contributed by atoms with van der Waals surface area (Å²) in [5, 5.41) is 2.92. The minimum absolute atomic E-state index is 0.170. The van der Waals surface area contributed by atoms with Crippen molar-refractivity contribution in [3.05, 3.63) is 53.3 Å². The molecule has 4 heteroatoms. The fourth-order valence-corrected chi connectivity index (χ4v) is 3.15. The number of hydrogen-bond donors (Lipinski definition) is 1. The van der Waals surface area contributed by atoms with Gasteiger partial charge < -0.3 is 10.2 Å². The Kier molecular flexibility index (Phi) is 4.84. The summed E-state index contributed by atoms with van der Waals surface area (Å²) in [6.45, 7) is 8.52. The Morgan fingerprint density at radius 3 is 2.71 bits per heavy atom. The first kappa shape index (κ1) is 16.5. The second-order valence-corrected chi connectivity index (χ2v) is 6.85.